The molecule has 1 N–H and O–H groups in total. The lowest BCUT2D eigenvalue weighted by atomic mass is 10.3. The van der Waals surface area contributed by atoms with Crippen molar-refractivity contribution >= 4 is 11.7 Å². The fraction of sp³-hybridized carbons (Fsp3) is 0.600. The molecular formula is C10H14N4O4. The SMILES string of the molecule is O=C(CCn1cnc([N+](=O)[O-])c1)N1CCC(O)C1. The van der Waals surface area contributed by atoms with Gasteiger partial charge in [-0.2, -0.15) is 0 Å². The molecule has 1 unspecified atom stereocenters. The number of hydrogen-bond acceptors (Lipinski definition) is 5. The number of aryl methyl sites for hydroxylation is 1. The molecule has 1 aromatic rings. The van der Waals surface area contributed by atoms with Gasteiger partial charge in [-0.15, -0.1) is 0 Å². The first-order chi connectivity index (χ1) is 8.56. The number of aliphatic hydroxyl groups excluding tert-OH is 1. The van der Waals surface area contributed by atoms with Crippen molar-refractivity contribution in [1.29, 1.82) is 0 Å². The Hall–Kier alpha value is -1.96. The standard InChI is InChI=1S/C10H14N4O4/c15-8-1-4-13(5-8)10(16)2-3-12-6-9(11-7-12)14(17)18/h6-8,15H,1-5H2. The van der Waals surface area contributed by atoms with Crippen molar-refractivity contribution in [2.45, 2.75) is 25.5 Å². The molecule has 98 valence electrons. The van der Waals surface area contributed by atoms with Gasteiger partial charge in [0, 0.05) is 26.1 Å². The van der Waals surface area contributed by atoms with E-state index in [1.165, 1.54) is 17.1 Å². The van der Waals surface area contributed by atoms with Crippen LogP contribution in [0.25, 0.3) is 0 Å². The number of β-amino-alcohol motifs (C(OH)–C–C–N with tert-alkyl or cyclic N) is 1. The first-order valence-corrected chi connectivity index (χ1v) is 5.68. The number of imidazole rings is 1. The zero-order valence-corrected chi connectivity index (χ0v) is 9.73. The Morgan fingerprint density at radius 1 is 1.67 bits per heavy atom. The molecule has 0 aromatic carbocycles. The van der Waals surface area contributed by atoms with E-state index in [1.807, 2.05) is 0 Å². The lowest BCUT2D eigenvalue weighted by Crippen LogP contribution is -2.30. The first kappa shape index (κ1) is 12.5. The van der Waals surface area contributed by atoms with Crippen LogP contribution in [0.3, 0.4) is 0 Å². The second-order valence-electron chi connectivity index (χ2n) is 4.26. The Morgan fingerprint density at radius 2 is 2.44 bits per heavy atom. The normalized spacial score (nSPS) is 19.2. The van der Waals surface area contributed by atoms with Gasteiger partial charge in [0.2, 0.25) is 12.2 Å². The van der Waals surface area contributed by atoms with Crippen LogP contribution in [0.5, 0.6) is 0 Å². The molecule has 0 saturated carbocycles. The van der Waals surface area contributed by atoms with E-state index in [-0.39, 0.29) is 18.1 Å². The molecule has 2 heterocycles. The molecule has 0 radical (unpaired) electrons. The summed E-state index contributed by atoms with van der Waals surface area (Å²) in [5.41, 5.74) is 0. The summed E-state index contributed by atoms with van der Waals surface area (Å²) in [5.74, 6) is -0.276. The number of aromatic nitrogens is 2. The maximum Gasteiger partial charge on any atom is 0.381 e. The number of rotatable bonds is 4. The van der Waals surface area contributed by atoms with Gasteiger partial charge in [-0.05, 0) is 16.3 Å². The molecule has 0 bridgehead atoms. The van der Waals surface area contributed by atoms with Gasteiger partial charge in [-0.1, -0.05) is 0 Å². The fourth-order valence-electron chi connectivity index (χ4n) is 1.92. The predicted octanol–water partition coefficient (Wildman–Crippen LogP) is -0.225. The fourth-order valence-corrected chi connectivity index (χ4v) is 1.92. The second kappa shape index (κ2) is 5.13. The lowest BCUT2D eigenvalue weighted by Gasteiger charge is -2.15. The van der Waals surface area contributed by atoms with E-state index in [0.717, 1.165) is 0 Å². The van der Waals surface area contributed by atoms with Gasteiger partial charge in [0.25, 0.3) is 0 Å². The van der Waals surface area contributed by atoms with Crippen LogP contribution < -0.4 is 0 Å². The summed E-state index contributed by atoms with van der Waals surface area (Å²) >= 11 is 0. The molecule has 1 aliphatic rings. The van der Waals surface area contributed by atoms with E-state index in [1.54, 1.807) is 4.90 Å². The van der Waals surface area contributed by atoms with Crippen molar-refractivity contribution in [1.82, 2.24) is 14.5 Å². The highest BCUT2D eigenvalue weighted by Gasteiger charge is 2.24. The zero-order chi connectivity index (χ0) is 13.1. The minimum Gasteiger partial charge on any atom is -0.391 e. The largest absolute Gasteiger partial charge is 0.391 e. The quantitative estimate of drug-likeness (QED) is 0.591. The number of hydrogen-bond donors (Lipinski definition) is 1. The summed E-state index contributed by atoms with van der Waals surface area (Å²) < 4.78 is 1.52. The number of aliphatic hydroxyl groups is 1. The van der Waals surface area contributed by atoms with E-state index in [0.29, 0.717) is 26.1 Å². The van der Waals surface area contributed by atoms with Crippen LogP contribution >= 0.6 is 0 Å². The Labute approximate surface area is 103 Å². The van der Waals surface area contributed by atoms with E-state index in [9.17, 15) is 20.0 Å². The van der Waals surface area contributed by atoms with Gasteiger partial charge in [-0.3, -0.25) is 4.79 Å². The highest BCUT2D eigenvalue weighted by Crippen LogP contribution is 2.11. The van der Waals surface area contributed by atoms with Crippen LogP contribution in [0, 0.1) is 10.1 Å². The minimum atomic E-state index is -0.574. The minimum absolute atomic E-state index is 0.0529. The number of carbonyl (C=O) groups excluding carboxylic acids is 1. The predicted molar refractivity (Wildman–Crippen MR) is 60.7 cm³/mol. The Bertz CT molecular complexity index is 458. The molecular weight excluding hydrogens is 240 g/mol. The highest BCUT2D eigenvalue weighted by molar-refractivity contribution is 5.76. The third kappa shape index (κ3) is 2.83. The van der Waals surface area contributed by atoms with Crippen LogP contribution in [-0.2, 0) is 11.3 Å². The zero-order valence-electron chi connectivity index (χ0n) is 9.73. The third-order valence-corrected chi connectivity index (χ3v) is 2.91. The summed E-state index contributed by atoms with van der Waals surface area (Å²) in [4.78, 5) is 26.8. The molecule has 0 aliphatic carbocycles. The van der Waals surface area contributed by atoms with Gasteiger partial charge in [0.15, 0.2) is 0 Å². The van der Waals surface area contributed by atoms with Crippen LogP contribution in [0.2, 0.25) is 0 Å². The molecule has 2 rings (SSSR count). The molecule has 18 heavy (non-hydrogen) atoms. The van der Waals surface area contributed by atoms with Crippen molar-refractivity contribution in [3.05, 3.63) is 22.6 Å². The van der Waals surface area contributed by atoms with Crippen molar-refractivity contribution in [2.24, 2.45) is 0 Å². The summed E-state index contributed by atoms with van der Waals surface area (Å²) in [6, 6.07) is 0. The third-order valence-electron chi connectivity index (χ3n) is 2.91. The Morgan fingerprint density at radius 3 is 3.00 bits per heavy atom. The van der Waals surface area contributed by atoms with Gasteiger partial charge in [0.05, 0.1) is 6.10 Å². The Balaban J connectivity index is 1.83. The topological polar surface area (TPSA) is 102 Å². The Kier molecular flexibility index (Phi) is 3.56. The van der Waals surface area contributed by atoms with Crippen molar-refractivity contribution in [3.8, 4) is 0 Å². The van der Waals surface area contributed by atoms with Crippen LogP contribution in [0.4, 0.5) is 5.82 Å². The molecule has 8 heteroatoms. The number of amides is 1. The van der Waals surface area contributed by atoms with Crippen molar-refractivity contribution in [3.63, 3.8) is 0 Å². The van der Waals surface area contributed by atoms with Crippen LogP contribution in [-0.4, -0.2) is 49.6 Å². The average Bonchev–Trinajstić information content (AvgIpc) is 2.94. The molecule has 1 fully saturated rings. The molecule has 1 amide bonds. The summed E-state index contributed by atoms with van der Waals surface area (Å²) in [6.45, 7) is 1.30. The molecule has 1 saturated heterocycles. The highest BCUT2D eigenvalue weighted by atomic mass is 16.6. The maximum absolute atomic E-state index is 11.8. The first-order valence-electron chi connectivity index (χ1n) is 5.68. The number of nitrogens with zero attached hydrogens (tertiary/aromatic N) is 4. The summed E-state index contributed by atoms with van der Waals surface area (Å²) in [5, 5.41) is 19.7. The van der Waals surface area contributed by atoms with Gasteiger partial charge >= 0.3 is 5.82 Å². The summed E-state index contributed by atoms with van der Waals surface area (Å²) in [6.07, 6.45) is 3.07. The van der Waals surface area contributed by atoms with Crippen molar-refractivity contribution in [2.75, 3.05) is 13.1 Å². The smallest absolute Gasteiger partial charge is 0.381 e. The van der Waals surface area contributed by atoms with E-state index in [4.69, 9.17) is 0 Å². The van der Waals surface area contributed by atoms with Crippen LogP contribution in [0.1, 0.15) is 12.8 Å². The molecule has 1 aromatic heterocycles. The van der Waals surface area contributed by atoms with Gasteiger partial charge in [-0.25, -0.2) is 0 Å². The maximum atomic E-state index is 11.8. The van der Waals surface area contributed by atoms with Crippen molar-refractivity contribution < 1.29 is 14.8 Å². The molecule has 1 aliphatic heterocycles. The van der Waals surface area contributed by atoms with Crippen LogP contribution in [0.15, 0.2) is 12.5 Å². The summed E-state index contributed by atoms with van der Waals surface area (Å²) in [7, 11) is 0. The number of nitro groups is 1. The lowest BCUT2D eigenvalue weighted by molar-refractivity contribution is -0.389. The second-order valence-corrected chi connectivity index (χ2v) is 4.26. The molecule has 1 atom stereocenters. The van der Waals surface area contributed by atoms with Gasteiger partial charge in [0.1, 0.15) is 6.20 Å². The van der Waals surface area contributed by atoms with E-state index in [2.05, 4.69) is 4.98 Å². The van der Waals surface area contributed by atoms with E-state index < -0.39 is 11.0 Å². The molecule has 0 spiro atoms. The monoisotopic (exact) mass is 254 g/mol. The number of carbonyl (C=O) groups is 1. The molecule has 8 nitrogen and oxygen atoms in total. The van der Waals surface area contributed by atoms with E-state index >= 15 is 0 Å². The van der Waals surface area contributed by atoms with Gasteiger partial charge < -0.3 is 24.7 Å². The average molecular weight is 254 g/mol. The number of likely N-dealkylation sites (tertiary alicyclic amines) is 1.